The van der Waals surface area contributed by atoms with Crippen molar-refractivity contribution in [3.8, 4) is 23.2 Å². The van der Waals surface area contributed by atoms with Crippen molar-refractivity contribution >= 4 is 5.91 Å². The lowest BCUT2D eigenvalue weighted by molar-refractivity contribution is 0.0921. The zero-order chi connectivity index (χ0) is 22.4. The molecule has 3 aromatic rings. The van der Waals surface area contributed by atoms with E-state index < -0.39 is 0 Å². The summed E-state index contributed by atoms with van der Waals surface area (Å²) in [6, 6.07) is 15.1. The highest BCUT2D eigenvalue weighted by molar-refractivity contribution is 5.91. The average Bonchev–Trinajstić information content (AvgIpc) is 3.23. The van der Waals surface area contributed by atoms with Gasteiger partial charge in [-0.3, -0.25) is 4.79 Å². The van der Waals surface area contributed by atoms with Crippen LogP contribution in [-0.4, -0.2) is 26.7 Å². The molecule has 0 saturated heterocycles. The van der Waals surface area contributed by atoms with Crippen LogP contribution >= 0.6 is 0 Å². The van der Waals surface area contributed by atoms with Gasteiger partial charge in [0.1, 0.15) is 5.75 Å². The summed E-state index contributed by atoms with van der Waals surface area (Å²) in [7, 11) is 3.20. The Bertz CT molecular complexity index is 1040. The number of furan rings is 1. The van der Waals surface area contributed by atoms with Crippen molar-refractivity contribution < 1.29 is 23.4 Å². The molecule has 31 heavy (non-hydrogen) atoms. The number of benzene rings is 2. The minimum absolute atomic E-state index is 0.208. The number of hydrogen-bond acceptors (Lipinski definition) is 5. The van der Waals surface area contributed by atoms with Gasteiger partial charge >= 0.3 is 0 Å². The first-order chi connectivity index (χ1) is 14.9. The fraction of sp³-hybridized carbons (Fsp3) is 0.320. The van der Waals surface area contributed by atoms with Gasteiger partial charge in [0.25, 0.3) is 11.9 Å². The number of rotatable bonds is 9. The van der Waals surface area contributed by atoms with Crippen LogP contribution in [0.3, 0.4) is 0 Å². The predicted octanol–water partition coefficient (Wildman–Crippen LogP) is 5.49. The zero-order valence-corrected chi connectivity index (χ0v) is 18.7. The molecule has 0 saturated carbocycles. The number of hydrogen-bond donors (Lipinski definition) is 1. The van der Waals surface area contributed by atoms with Gasteiger partial charge in [-0.05, 0) is 60.2 Å². The highest BCUT2D eigenvalue weighted by atomic mass is 16.6. The Balaban J connectivity index is 1.58. The third-order valence-corrected chi connectivity index (χ3v) is 5.04. The van der Waals surface area contributed by atoms with Gasteiger partial charge in [-0.1, -0.05) is 32.0 Å². The molecule has 0 aliphatic heterocycles. The molecule has 0 spiro atoms. The summed E-state index contributed by atoms with van der Waals surface area (Å²) in [6.45, 7) is 6.70. The second kappa shape index (κ2) is 10.1. The van der Waals surface area contributed by atoms with E-state index in [9.17, 15) is 4.79 Å². The average molecular weight is 424 g/mol. The normalized spacial score (nSPS) is 10.8. The summed E-state index contributed by atoms with van der Waals surface area (Å²) < 4.78 is 22.0. The first kappa shape index (κ1) is 22.3. The molecule has 6 nitrogen and oxygen atoms in total. The minimum atomic E-state index is -0.289. The van der Waals surface area contributed by atoms with Crippen molar-refractivity contribution in [2.45, 2.75) is 33.1 Å². The molecule has 2 aromatic carbocycles. The molecule has 0 aliphatic rings. The fourth-order valence-corrected chi connectivity index (χ4v) is 3.13. The Morgan fingerprint density at radius 1 is 0.968 bits per heavy atom. The maximum Gasteiger partial charge on any atom is 0.290 e. The Kier molecular flexibility index (Phi) is 7.23. The van der Waals surface area contributed by atoms with E-state index in [0.717, 1.165) is 16.9 Å². The van der Waals surface area contributed by atoms with Crippen molar-refractivity contribution in [1.29, 1.82) is 0 Å². The van der Waals surface area contributed by atoms with Gasteiger partial charge in [-0.25, -0.2) is 0 Å². The largest absolute Gasteiger partial charge is 0.493 e. The summed E-state index contributed by atoms with van der Waals surface area (Å²) in [6.07, 6.45) is 0.650. The minimum Gasteiger partial charge on any atom is -0.493 e. The summed E-state index contributed by atoms with van der Waals surface area (Å²) in [5.41, 5.74) is 3.21. The van der Waals surface area contributed by atoms with Crippen LogP contribution in [0.2, 0.25) is 0 Å². The number of aryl methyl sites for hydroxylation is 1. The highest BCUT2D eigenvalue weighted by Gasteiger charge is 2.14. The Labute approximate surface area is 183 Å². The van der Waals surface area contributed by atoms with Crippen LogP contribution in [0.25, 0.3) is 0 Å². The molecule has 1 heterocycles. The van der Waals surface area contributed by atoms with Crippen LogP contribution in [0.4, 0.5) is 0 Å². The molecule has 0 atom stereocenters. The lowest BCUT2D eigenvalue weighted by Crippen LogP contribution is -2.25. The number of carbonyl (C=O) groups excluding carboxylic acids is 1. The third kappa shape index (κ3) is 5.60. The summed E-state index contributed by atoms with van der Waals surface area (Å²) in [4.78, 5) is 12.4. The van der Waals surface area contributed by atoms with Crippen molar-refractivity contribution in [2.75, 3.05) is 20.8 Å². The zero-order valence-electron chi connectivity index (χ0n) is 18.7. The molecule has 0 aliphatic carbocycles. The van der Waals surface area contributed by atoms with E-state index in [2.05, 4.69) is 25.2 Å². The van der Waals surface area contributed by atoms with E-state index >= 15 is 0 Å². The lowest BCUT2D eigenvalue weighted by Gasteiger charge is -2.11. The van der Waals surface area contributed by atoms with Crippen LogP contribution in [-0.2, 0) is 6.42 Å². The number of methoxy groups -OCH3 is 2. The predicted molar refractivity (Wildman–Crippen MR) is 120 cm³/mol. The molecule has 0 fully saturated rings. The fourth-order valence-electron chi connectivity index (χ4n) is 3.13. The first-order valence-electron chi connectivity index (χ1n) is 10.3. The third-order valence-electron chi connectivity index (χ3n) is 5.04. The molecular formula is C25H29NO5. The summed E-state index contributed by atoms with van der Waals surface area (Å²) in [5.74, 6) is 2.66. The Hall–Kier alpha value is -3.41. The van der Waals surface area contributed by atoms with Crippen molar-refractivity contribution in [1.82, 2.24) is 5.32 Å². The first-order valence-corrected chi connectivity index (χ1v) is 10.3. The topological polar surface area (TPSA) is 69.9 Å². The standard InChI is InChI=1S/C25H29NO5/c1-16(2)19-8-6-17(3)22(15-19)31-24-11-10-21(30-24)25(27)26-13-12-18-7-9-20(28-4)23(14-18)29-5/h6-11,14-16H,12-13H2,1-5H3,(H,26,27). The molecule has 0 radical (unpaired) electrons. The number of ether oxygens (including phenoxy) is 3. The highest BCUT2D eigenvalue weighted by Crippen LogP contribution is 2.30. The molecule has 0 unspecified atom stereocenters. The number of amides is 1. The molecule has 3 rings (SSSR count). The van der Waals surface area contributed by atoms with E-state index in [4.69, 9.17) is 18.6 Å². The van der Waals surface area contributed by atoms with E-state index in [1.165, 1.54) is 5.56 Å². The molecule has 1 amide bonds. The van der Waals surface area contributed by atoms with E-state index in [1.54, 1.807) is 26.4 Å². The molecule has 6 heteroatoms. The number of carbonyl (C=O) groups is 1. The van der Waals surface area contributed by atoms with Gasteiger partial charge in [0, 0.05) is 12.6 Å². The van der Waals surface area contributed by atoms with Gasteiger partial charge < -0.3 is 23.9 Å². The van der Waals surface area contributed by atoms with Crippen molar-refractivity contribution in [3.63, 3.8) is 0 Å². The smallest absolute Gasteiger partial charge is 0.290 e. The molecule has 0 bridgehead atoms. The van der Waals surface area contributed by atoms with Gasteiger partial charge in [-0.2, -0.15) is 0 Å². The van der Waals surface area contributed by atoms with Crippen LogP contribution in [0.5, 0.6) is 23.2 Å². The van der Waals surface area contributed by atoms with Gasteiger partial charge in [-0.15, -0.1) is 0 Å². The Morgan fingerprint density at radius 3 is 2.45 bits per heavy atom. The van der Waals surface area contributed by atoms with Crippen molar-refractivity contribution in [2.24, 2.45) is 0 Å². The van der Waals surface area contributed by atoms with E-state index in [-0.39, 0.29) is 17.6 Å². The molecular weight excluding hydrogens is 394 g/mol. The van der Waals surface area contributed by atoms with Crippen LogP contribution < -0.4 is 19.5 Å². The molecule has 164 valence electrons. The molecule has 1 aromatic heterocycles. The Morgan fingerprint density at radius 2 is 1.74 bits per heavy atom. The number of nitrogens with one attached hydrogen (secondary N) is 1. The lowest BCUT2D eigenvalue weighted by atomic mass is 10.0. The quantitative estimate of drug-likeness (QED) is 0.493. The molecule has 1 N–H and O–H groups in total. The van der Waals surface area contributed by atoms with E-state index in [0.29, 0.717) is 30.4 Å². The maximum absolute atomic E-state index is 12.4. The SMILES string of the molecule is COc1ccc(CCNC(=O)c2ccc(Oc3cc(C(C)C)ccc3C)o2)cc1OC. The van der Waals surface area contributed by atoms with Gasteiger partial charge in [0.15, 0.2) is 17.3 Å². The van der Waals surface area contributed by atoms with Crippen molar-refractivity contribution in [3.05, 3.63) is 71.0 Å². The summed E-state index contributed by atoms with van der Waals surface area (Å²) >= 11 is 0. The van der Waals surface area contributed by atoms with Gasteiger partial charge in [0.2, 0.25) is 0 Å². The van der Waals surface area contributed by atoms with Crippen LogP contribution in [0.1, 0.15) is 47.0 Å². The monoisotopic (exact) mass is 423 g/mol. The second-order valence-electron chi connectivity index (χ2n) is 7.60. The maximum atomic E-state index is 12.4. The van der Waals surface area contributed by atoms with E-state index in [1.807, 2.05) is 37.3 Å². The van der Waals surface area contributed by atoms with Crippen LogP contribution in [0, 0.1) is 6.92 Å². The van der Waals surface area contributed by atoms with Crippen LogP contribution in [0.15, 0.2) is 52.9 Å². The summed E-state index contributed by atoms with van der Waals surface area (Å²) in [5, 5.41) is 2.87. The van der Waals surface area contributed by atoms with Gasteiger partial charge in [0.05, 0.1) is 14.2 Å². The second-order valence-corrected chi connectivity index (χ2v) is 7.60.